The van der Waals surface area contributed by atoms with Crippen molar-refractivity contribution in [3.63, 3.8) is 0 Å². The molecular weight excluding hydrogens is 272 g/mol. The molecule has 0 saturated heterocycles. The van der Waals surface area contributed by atoms with Gasteiger partial charge in [-0.25, -0.2) is 14.6 Å². The van der Waals surface area contributed by atoms with Gasteiger partial charge in [-0.1, -0.05) is 30.3 Å². The molecule has 0 unspecified atom stereocenters. The number of imidazole rings is 1. The Morgan fingerprint density at radius 2 is 1.81 bits per heavy atom. The van der Waals surface area contributed by atoms with Gasteiger partial charge in [-0.3, -0.25) is 0 Å². The van der Waals surface area contributed by atoms with Crippen molar-refractivity contribution in [2.45, 2.75) is 13.5 Å². The normalized spacial score (nSPS) is 10.1. The minimum absolute atomic E-state index is 0.441. The molecule has 2 N–H and O–H groups in total. The van der Waals surface area contributed by atoms with E-state index < -0.39 is 17.5 Å². The zero-order valence-electron chi connectivity index (χ0n) is 11.4. The third-order valence-electron chi connectivity index (χ3n) is 3.02. The molecule has 2 rings (SSSR count). The van der Waals surface area contributed by atoms with E-state index in [4.69, 9.17) is 10.2 Å². The van der Waals surface area contributed by atoms with Gasteiger partial charge in [-0.15, -0.1) is 0 Å². The molecule has 21 heavy (non-hydrogen) atoms. The van der Waals surface area contributed by atoms with Crippen LogP contribution in [0, 0.1) is 6.92 Å². The van der Waals surface area contributed by atoms with E-state index >= 15 is 0 Å². The monoisotopic (exact) mass is 286 g/mol. The Labute approximate surface area is 121 Å². The molecule has 6 nitrogen and oxygen atoms in total. The SMILES string of the molecule is Cc1ncc(C=C(C(=O)O)C(=O)O)n1Cc1ccccc1. The molecule has 1 aromatic carbocycles. The molecule has 1 heterocycles. The molecule has 6 heteroatoms. The van der Waals surface area contributed by atoms with Crippen molar-refractivity contribution in [3.8, 4) is 0 Å². The fourth-order valence-electron chi connectivity index (χ4n) is 1.94. The number of aryl methyl sites for hydroxylation is 1. The first-order valence-electron chi connectivity index (χ1n) is 6.23. The second kappa shape index (κ2) is 6.04. The summed E-state index contributed by atoms with van der Waals surface area (Å²) < 4.78 is 1.77. The first-order chi connectivity index (χ1) is 9.99. The van der Waals surface area contributed by atoms with E-state index in [2.05, 4.69) is 4.98 Å². The molecule has 108 valence electrons. The van der Waals surface area contributed by atoms with E-state index in [1.165, 1.54) is 6.20 Å². The lowest BCUT2D eigenvalue weighted by atomic mass is 10.2. The molecule has 0 aliphatic rings. The zero-order valence-corrected chi connectivity index (χ0v) is 11.4. The van der Waals surface area contributed by atoms with E-state index in [0.717, 1.165) is 11.6 Å². The second-order valence-corrected chi connectivity index (χ2v) is 4.47. The van der Waals surface area contributed by atoms with Gasteiger partial charge in [0.05, 0.1) is 11.9 Å². The maximum atomic E-state index is 10.9. The maximum Gasteiger partial charge on any atom is 0.343 e. The minimum atomic E-state index is -1.48. The largest absolute Gasteiger partial charge is 0.477 e. The molecule has 0 radical (unpaired) electrons. The highest BCUT2D eigenvalue weighted by atomic mass is 16.4. The number of carbonyl (C=O) groups is 2. The first-order valence-corrected chi connectivity index (χ1v) is 6.23. The molecule has 0 atom stereocenters. The van der Waals surface area contributed by atoms with Crippen LogP contribution >= 0.6 is 0 Å². The fraction of sp³-hybridized carbons (Fsp3) is 0.133. The van der Waals surface area contributed by atoms with E-state index in [1.54, 1.807) is 11.5 Å². The molecule has 0 bridgehead atoms. The molecule has 0 saturated carbocycles. The second-order valence-electron chi connectivity index (χ2n) is 4.47. The summed E-state index contributed by atoms with van der Waals surface area (Å²) in [5, 5.41) is 17.8. The van der Waals surface area contributed by atoms with Gasteiger partial charge in [0, 0.05) is 6.54 Å². The number of carboxylic acids is 2. The average molecular weight is 286 g/mol. The lowest BCUT2D eigenvalue weighted by Gasteiger charge is -2.08. The van der Waals surface area contributed by atoms with Crippen molar-refractivity contribution in [1.29, 1.82) is 0 Å². The summed E-state index contributed by atoms with van der Waals surface area (Å²) in [6.45, 7) is 2.27. The van der Waals surface area contributed by atoms with Gasteiger partial charge < -0.3 is 14.8 Å². The number of aromatic nitrogens is 2. The molecule has 0 aliphatic heterocycles. The Hall–Kier alpha value is -2.89. The molecule has 0 aliphatic carbocycles. The van der Waals surface area contributed by atoms with Crippen molar-refractivity contribution >= 4 is 18.0 Å². The summed E-state index contributed by atoms with van der Waals surface area (Å²) >= 11 is 0. The highest BCUT2D eigenvalue weighted by Crippen LogP contribution is 2.13. The third-order valence-corrected chi connectivity index (χ3v) is 3.02. The fourth-order valence-corrected chi connectivity index (χ4v) is 1.94. The van der Waals surface area contributed by atoms with Crippen molar-refractivity contribution in [3.05, 3.63) is 59.2 Å². The zero-order chi connectivity index (χ0) is 15.4. The highest BCUT2D eigenvalue weighted by Gasteiger charge is 2.17. The summed E-state index contributed by atoms with van der Waals surface area (Å²) in [6.07, 6.45) is 2.58. The van der Waals surface area contributed by atoms with Gasteiger partial charge >= 0.3 is 11.9 Å². The smallest absolute Gasteiger partial charge is 0.343 e. The van der Waals surface area contributed by atoms with Crippen LogP contribution in [0.3, 0.4) is 0 Å². The number of hydrogen-bond acceptors (Lipinski definition) is 3. The van der Waals surface area contributed by atoms with Crippen LogP contribution in [0.1, 0.15) is 17.1 Å². The van der Waals surface area contributed by atoms with Crippen molar-refractivity contribution < 1.29 is 19.8 Å². The van der Waals surface area contributed by atoms with Crippen molar-refractivity contribution in [1.82, 2.24) is 9.55 Å². The highest BCUT2D eigenvalue weighted by molar-refractivity contribution is 6.16. The number of aliphatic carboxylic acids is 2. The van der Waals surface area contributed by atoms with Gasteiger partial charge in [0.25, 0.3) is 0 Å². The van der Waals surface area contributed by atoms with Crippen LogP contribution in [-0.4, -0.2) is 31.7 Å². The predicted octanol–water partition coefficient (Wildman–Crippen LogP) is 1.79. The minimum Gasteiger partial charge on any atom is -0.477 e. The number of carboxylic acid groups (broad SMARTS) is 2. The van der Waals surface area contributed by atoms with E-state index in [9.17, 15) is 9.59 Å². The summed E-state index contributed by atoms with van der Waals surface area (Å²) in [7, 11) is 0. The number of hydrogen-bond donors (Lipinski definition) is 2. The maximum absolute atomic E-state index is 10.9. The van der Waals surface area contributed by atoms with Gasteiger partial charge in [-0.05, 0) is 18.6 Å². The molecule has 2 aromatic rings. The number of rotatable bonds is 5. The summed E-state index contributed by atoms with van der Waals surface area (Å²) in [5.41, 5.74) is 0.765. The lowest BCUT2D eigenvalue weighted by molar-refractivity contribution is -0.140. The van der Waals surface area contributed by atoms with Crippen LogP contribution in [0.15, 0.2) is 42.1 Å². The molecule has 0 amide bonds. The summed E-state index contributed by atoms with van der Waals surface area (Å²) in [4.78, 5) is 26.0. The Bertz CT molecular complexity index is 686. The topological polar surface area (TPSA) is 92.4 Å². The van der Waals surface area contributed by atoms with Crippen LogP contribution in [-0.2, 0) is 16.1 Å². The molecule has 1 aromatic heterocycles. The van der Waals surface area contributed by atoms with Crippen molar-refractivity contribution in [2.75, 3.05) is 0 Å². The van der Waals surface area contributed by atoms with Crippen LogP contribution in [0.25, 0.3) is 6.08 Å². The van der Waals surface area contributed by atoms with Crippen LogP contribution < -0.4 is 0 Å². The van der Waals surface area contributed by atoms with Gasteiger partial charge in [-0.2, -0.15) is 0 Å². The van der Waals surface area contributed by atoms with Gasteiger partial charge in [0.15, 0.2) is 0 Å². The van der Waals surface area contributed by atoms with Gasteiger partial charge in [0.1, 0.15) is 11.4 Å². The van der Waals surface area contributed by atoms with Crippen LogP contribution in [0.2, 0.25) is 0 Å². The standard InChI is InChI=1S/C15H14N2O4/c1-10-16-8-12(7-13(14(18)19)15(20)21)17(10)9-11-5-3-2-4-6-11/h2-8H,9H2,1H3,(H,18,19)(H,20,21). The Kier molecular flexibility index (Phi) is 4.18. The third kappa shape index (κ3) is 3.36. The number of benzene rings is 1. The summed E-state index contributed by atoms with van der Waals surface area (Å²) in [5.74, 6) is -2.28. The lowest BCUT2D eigenvalue weighted by Crippen LogP contribution is -2.12. The van der Waals surface area contributed by atoms with E-state index in [-0.39, 0.29) is 0 Å². The van der Waals surface area contributed by atoms with Crippen molar-refractivity contribution in [2.24, 2.45) is 0 Å². The summed E-state index contributed by atoms with van der Waals surface area (Å²) in [6, 6.07) is 9.57. The molecule has 0 spiro atoms. The number of nitrogens with zero attached hydrogens (tertiary/aromatic N) is 2. The average Bonchev–Trinajstić information content (AvgIpc) is 2.78. The van der Waals surface area contributed by atoms with Crippen LogP contribution in [0.4, 0.5) is 0 Å². The van der Waals surface area contributed by atoms with Crippen LogP contribution in [0.5, 0.6) is 0 Å². The predicted molar refractivity (Wildman–Crippen MR) is 75.8 cm³/mol. The quantitative estimate of drug-likeness (QED) is 0.496. The Balaban J connectivity index is 2.41. The van der Waals surface area contributed by atoms with E-state index in [0.29, 0.717) is 18.1 Å². The van der Waals surface area contributed by atoms with E-state index in [1.807, 2.05) is 30.3 Å². The Morgan fingerprint density at radius 3 is 2.38 bits per heavy atom. The molecular formula is C15H14N2O4. The Morgan fingerprint density at radius 1 is 1.19 bits per heavy atom. The molecule has 0 fully saturated rings. The van der Waals surface area contributed by atoms with Gasteiger partial charge in [0.2, 0.25) is 0 Å². The first kappa shape index (κ1) is 14.5.